The molecule has 0 bridgehead atoms. The zero-order valence-corrected chi connectivity index (χ0v) is 14.8. The second kappa shape index (κ2) is 8.52. The molecule has 2 amide bonds. The Labute approximate surface area is 139 Å². The zero-order valence-electron chi connectivity index (χ0n) is 14.8. The Balaban J connectivity index is 1.72. The molecule has 0 aromatic heterocycles. The molecule has 6 heteroatoms. The maximum absolute atomic E-state index is 12.4. The van der Waals surface area contributed by atoms with Gasteiger partial charge in [-0.05, 0) is 32.1 Å². The second-order valence-corrected chi connectivity index (χ2v) is 6.94. The summed E-state index contributed by atoms with van der Waals surface area (Å²) < 4.78 is 5.00. The quantitative estimate of drug-likeness (QED) is 0.826. The molecule has 0 unspecified atom stereocenters. The van der Waals surface area contributed by atoms with E-state index in [4.69, 9.17) is 4.74 Å². The summed E-state index contributed by atoms with van der Waals surface area (Å²) in [6, 6.07) is 0.573. The predicted octanol–water partition coefficient (Wildman–Crippen LogP) is 0.675. The number of amides is 2. The molecule has 2 fully saturated rings. The highest BCUT2D eigenvalue weighted by molar-refractivity contribution is 5.77. The Morgan fingerprint density at radius 3 is 2.39 bits per heavy atom. The van der Waals surface area contributed by atoms with Gasteiger partial charge in [0.05, 0.1) is 12.6 Å². The highest BCUT2D eigenvalue weighted by Crippen LogP contribution is 2.27. The van der Waals surface area contributed by atoms with Crippen molar-refractivity contribution in [1.82, 2.24) is 9.80 Å². The van der Waals surface area contributed by atoms with Crippen LogP contribution in [0.2, 0.25) is 0 Å². The normalized spacial score (nSPS) is 28.6. The Morgan fingerprint density at radius 2 is 1.74 bits per heavy atom. The van der Waals surface area contributed by atoms with Gasteiger partial charge in [-0.25, -0.2) is 4.79 Å². The highest BCUT2D eigenvalue weighted by atomic mass is 16.6. The smallest absolute Gasteiger partial charge is 0.409 e. The summed E-state index contributed by atoms with van der Waals surface area (Å²) >= 11 is 0. The standard InChI is InChI=1S/C17H31N3O3/c1-4-23-17(22)20-10-8-19(9-11-20)16(21)12-18-15-7-5-6-13(2)14(15)3/h13-15,18H,4-12H2,1-3H3/p+1/t13-,14+,15-/m1/s1. The van der Waals surface area contributed by atoms with Crippen molar-refractivity contribution in [2.75, 3.05) is 39.3 Å². The molecule has 0 aromatic carbocycles. The minimum Gasteiger partial charge on any atom is -0.450 e. The van der Waals surface area contributed by atoms with Gasteiger partial charge in [-0.15, -0.1) is 0 Å². The summed E-state index contributed by atoms with van der Waals surface area (Å²) in [4.78, 5) is 27.6. The molecular weight excluding hydrogens is 294 g/mol. The minimum absolute atomic E-state index is 0.193. The molecule has 3 atom stereocenters. The number of piperazine rings is 1. The number of quaternary nitrogens is 1. The van der Waals surface area contributed by atoms with E-state index in [1.165, 1.54) is 19.3 Å². The Bertz CT molecular complexity index is 408. The largest absolute Gasteiger partial charge is 0.450 e. The van der Waals surface area contributed by atoms with E-state index in [1.54, 1.807) is 11.8 Å². The van der Waals surface area contributed by atoms with Gasteiger partial charge in [-0.1, -0.05) is 13.8 Å². The van der Waals surface area contributed by atoms with E-state index in [9.17, 15) is 9.59 Å². The lowest BCUT2D eigenvalue weighted by atomic mass is 9.78. The van der Waals surface area contributed by atoms with Gasteiger partial charge in [0.25, 0.3) is 5.91 Å². The number of hydrogen-bond donors (Lipinski definition) is 1. The van der Waals surface area contributed by atoms with Crippen LogP contribution in [-0.4, -0.2) is 67.2 Å². The number of hydrogen-bond acceptors (Lipinski definition) is 3. The highest BCUT2D eigenvalue weighted by Gasteiger charge is 2.31. The van der Waals surface area contributed by atoms with Crippen LogP contribution < -0.4 is 5.32 Å². The van der Waals surface area contributed by atoms with Crippen molar-refractivity contribution in [2.45, 2.75) is 46.1 Å². The molecule has 6 nitrogen and oxygen atoms in total. The number of nitrogens with two attached hydrogens (primary N) is 1. The third-order valence-electron chi connectivity index (χ3n) is 5.52. The van der Waals surface area contributed by atoms with Gasteiger partial charge in [0.15, 0.2) is 6.54 Å². The fourth-order valence-electron chi connectivity index (χ4n) is 3.69. The topological polar surface area (TPSA) is 66.5 Å². The first-order valence-corrected chi connectivity index (χ1v) is 9.05. The van der Waals surface area contributed by atoms with Crippen LogP contribution in [0.1, 0.15) is 40.0 Å². The fourth-order valence-corrected chi connectivity index (χ4v) is 3.69. The van der Waals surface area contributed by atoms with Crippen molar-refractivity contribution in [3.05, 3.63) is 0 Å². The third-order valence-corrected chi connectivity index (χ3v) is 5.52. The van der Waals surface area contributed by atoms with E-state index >= 15 is 0 Å². The van der Waals surface area contributed by atoms with E-state index in [0.29, 0.717) is 51.3 Å². The molecule has 2 rings (SSSR count). The van der Waals surface area contributed by atoms with E-state index < -0.39 is 0 Å². The summed E-state index contributed by atoms with van der Waals surface area (Å²) in [7, 11) is 0. The van der Waals surface area contributed by atoms with Crippen LogP contribution in [-0.2, 0) is 9.53 Å². The molecule has 1 saturated carbocycles. The maximum Gasteiger partial charge on any atom is 0.409 e. The number of ether oxygens (including phenoxy) is 1. The van der Waals surface area contributed by atoms with Crippen LogP contribution in [0.4, 0.5) is 4.79 Å². The summed E-state index contributed by atoms with van der Waals surface area (Å²) in [6.07, 6.45) is 3.54. The second-order valence-electron chi connectivity index (χ2n) is 6.94. The van der Waals surface area contributed by atoms with Gasteiger partial charge in [-0.2, -0.15) is 0 Å². The van der Waals surface area contributed by atoms with Crippen molar-refractivity contribution < 1.29 is 19.6 Å². The van der Waals surface area contributed by atoms with Gasteiger partial charge < -0.3 is 19.9 Å². The molecule has 0 spiro atoms. The van der Waals surface area contributed by atoms with E-state index in [2.05, 4.69) is 19.2 Å². The van der Waals surface area contributed by atoms with Gasteiger partial charge in [0, 0.05) is 32.1 Å². The summed E-state index contributed by atoms with van der Waals surface area (Å²) in [6.45, 7) is 9.73. The molecule has 1 saturated heterocycles. The predicted molar refractivity (Wildman–Crippen MR) is 87.9 cm³/mol. The SMILES string of the molecule is CCOC(=O)N1CCN(C(=O)C[NH2+][C@@H]2CCC[C@@H](C)[C@@H]2C)CC1. The lowest BCUT2D eigenvalue weighted by molar-refractivity contribution is -0.689. The third kappa shape index (κ3) is 4.83. The summed E-state index contributed by atoms with van der Waals surface area (Å²) in [5, 5.41) is 2.24. The first kappa shape index (κ1) is 18.0. The van der Waals surface area contributed by atoms with Crippen molar-refractivity contribution >= 4 is 12.0 Å². The van der Waals surface area contributed by atoms with E-state index in [0.717, 1.165) is 5.92 Å². The molecule has 1 aliphatic heterocycles. The van der Waals surface area contributed by atoms with Crippen molar-refractivity contribution in [1.29, 1.82) is 0 Å². The summed E-state index contributed by atoms with van der Waals surface area (Å²) in [5.41, 5.74) is 0. The lowest BCUT2D eigenvalue weighted by Crippen LogP contribution is -2.93. The van der Waals surface area contributed by atoms with Crippen LogP contribution in [0.3, 0.4) is 0 Å². The molecule has 1 heterocycles. The van der Waals surface area contributed by atoms with Crippen molar-refractivity contribution in [3.63, 3.8) is 0 Å². The Hall–Kier alpha value is -1.30. The van der Waals surface area contributed by atoms with Crippen LogP contribution in [0.25, 0.3) is 0 Å². The average Bonchev–Trinajstić information content (AvgIpc) is 2.56. The molecule has 23 heavy (non-hydrogen) atoms. The van der Waals surface area contributed by atoms with Crippen LogP contribution >= 0.6 is 0 Å². The molecule has 132 valence electrons. The maximum atomic E-state index is 12.4. The molecule has 2 aliphatic rings. The Kier molecular flexibility index (Phi) is 6.69. The van der Waals surface area contributed by atoms with Crippen molar-refractivity contribution in [3.8, 4) is 0 Å². The zero-order chi connectivity index (χ0) is 16.8. The number of carbonyl (C=O) groups is 2. The monoisotopic (exact) mass is 326 g/mol. The van der Waals surface area contributed by atoms with Gasteiger partial charge in [0.2, 0.25) is 0 Å². The van der Waals surface area contributed by atoms with Crippen LogP contribution in [0, 0.1) is 11.8 Å². The molecule has 2 N–H and O–H groups in total. The molecule has 1 aliphatic carbocycles. The minimum atomic E-state index is -0.267. The van der Waals surface area contributed by atoms with E-state index in [-0.39, 0.29) is 12.0 Å². The molecule has 0 aromatic rings. The Morgan fingerprint density at radius 1 is 1.09 bits per heavy atom. The van der Waals surface area contributed by atoms with Gasteiger partial charge >= 0.3 is 6.09 Å². The fraction of sp³-hybridized carbons (Fsp3) is 0.882. The van der Waals surface area contributed by atoms with E-state index in [1.807, 2.05) is 4.90 Å². The number of rotatable bonds is 4. The van der Waals surface area contributed by atoms with Gasteiger partial charge in [0.1, 0.15) is 0 Å². The summed E-state index contributed by atoms with van der Waals surface area (Å²) in [5.74, 6) is 1.63. The number of nitrogens with zero attached hydrogens (tertiary/aromatic N) is 2. The van der Waals surface area contributed by atoms with Crippen LogP contribution in [0.15, 0.2) is 0 Å². The van der Waals surface area contributed by atoms with Gasteiger partial charge in [-0.3, -0.25) is 4.79 Å². The lowest BCUT2D eigenvalue weighted by Gasteiger charge is -2.35. The molecular formula is C17H32N3O3+. The first-order valence-electron chi connectivity index (χ1n) is 9.05. The van der Waals surface area contributed by atoms with Crippen molar-refractivity contribution in [2.24, 2.45) is 11.8 Å². The molecule has 0 radical (unpaired) electrons. The average molecular weight is 326 g/mol. The van der Waals surface area contributed by atoms with Crippen LogP contribution in [0.5, 0.6) is 0 Å². The number of carbonyl (C=O) groups excluding carboxylic acids is 2. The first-order chi connectivity index (χ1) is 11.0.